The van der Waals surface area contributed by atoms with E-state index in [2.05, 4.69) is 21.2 Å². The lowest BCUT2D eigenvalue weighted by atomic mass is 10.1. The molecule has 1 atom stereocenters. The number of hydrogen-bond acceptors (Lipinski definition) is 4. The number of amides is 1. The van der Waals surface area contributed by atoms with Gasteiger partial charge in [-0.1, -0.05) is 51.8 Å². The predicted molar refractivity (Wildman–Crippen MR) is 103 cm³/mol. The average Bonchev–Trinajstić information content (AvgIpc) is 2.60. The highest BCUT2D eigenvalue weighted by molar-refractivity contribution is 9.10. The summed E-state index contributed by atoms with van der Waals surface area (Å²) in [6.07, 6.45) is -0.973. The molecule has 0 radical (unpaired) electrons. The van der Waals surface area contributed by atoms with Gasteiger partial charge in [0.1, 0.15) is 0 Å². The van der Waals surface area contributed by atoms with Crippen LogP contribution in [0.5, 0.6) is 0 Å². The number of ether oxygens (including phenoxy) is 1. The van der Waals surface area contributed by atoms with Gasteiger partial charge in [-0.15, -0.1) is 0 Å². The summed E-state index contributed by atoms with van der Waals surface area (Å²) in [5.74, 6) is -1.14. The zero-order chi connectivity index (χ0) is 19.1. The SMILES string of the molecule is Cc1ccc(C(=O)CCC(=O)O[C@@H](C)C(=O)Nc2cccc(Br)c2)cc1. The van der Waals surface area contributed by atoms with Crippen LogP contribution in [-0.2, 0) is 14.3 Å². The second-order valence-electron chi connectivity index (χ2n) is 5.92. The minimum Gasteiger partial charge on any atom is -0.453 e. The summed E-state index contributed by atoms with van der Waals surface area (Å²) >= 11 is 3.32. The predicted octanol–water partition coefficient (Wildman–Crippen LogP) is 4.29. The molecule has 2 rings (SSSR count). The Morgan fingerprint density at radius 3 is 2.42 bits per heavy atom. The van der Waals surface area contributed by atoms with Crippen molar-refractivity contribution in [3.8, 4) is 0 Å². The molecule has 0 spiro atoms. The van der Waals surface area contributed by atoms with Gasteiger partial charge in [0, 0.05) is 22.1 Å². The Kier molecular flexibility index (Phi) is 7.09. The topological polar surface area (TPSA) is 72.5 Å². The maximum atomic E-state index is 12.1. The Morgan fingerprint density at radius 2 is 1.77 bits per heavy atom. The number of ketones is 1. The summed E-state index contributed by atoms with van der Waals surface area (Å²) in [5, 5.41) is 2.67. The Balaban J connectivity index is 1.80. The number of carbonyl (C=O) groups excluding carboxylic acids is 3. The van der Waals surface area contributed by atoms with E-state index in [4.69, 9.17) is 4.74 Å². The van der Waals surface area contributed by atoms with Crippen molar-refractivity contribution in [1.82, 2.24) is 0 Å². The molecule has 0 saturated heterocycles. The third-order valence-electron chi connectivity index (χ3n) is 3.70. The minimum atomic E-state index is -0.948. The quantitative estimate of drug-likeness (QED) is 0.538. The largest absolute Gasteiger partial charge is 0.453 e. The van der Waals surface area contributed by atoms with Crippen LogP contribution in [0, 0.1) is 6.92 Å². The van der Waals surface area contributed by atoms with Gasteiger partial charge < -0.3 is 10.1 Å². The molecule has 0 heterocycles. The normalized spacial score (nSPS) is 11.5. The molecule has 0 aliphatic carbocycles. The highest BCUT2D eigenvalue weighted by Crippen LogP contribution is 2.16. The second-order valence-corrected chi connectivity index (χ2v) is 6.84. The van der Waals surface area contributed by atoms with E-state index in [1.165, 1.54) is 6.92 Å². The van der Waals surface area contributed by atoms with E-state index in [1.807, 2.05) is 25.1 Å². The highest BCUT2D eigenvalue weighted by atomic mass is 79.9. The van der Waals surface area contributed by atoms with Crippen LogP contribution in [0.1, 0.15) is 35.7 Å². The third-order valence-corrected chi connectivity index (χ3v) is 4.19. The van der Waals surface area contributed by atoms with E-state index in [9.17, 15) is 14.4 Å². The van der Waals surface area contributed by atoms with Crippen molar-refractivity contribution in [2.75, 3.05) is 5.32 Å². The molecule has 0 saturated carbocycles. The molecule has 1 amide bonds. The lowest BCUT2D eigenvalue weighted by Crippen LogP contribution is -2.30. The van der Waals surface area contributed by atoms with Gasteiger partial charge >= 0.3 is 5.97 Å². The Labute approximate surface area is 160 Å². The first-order valence-corrected chi connectivity index (χ1v) is 9.00. The molecular formula is C20H20BrNO4. The van der Waals surface area contributed by atoms with Crippen molar-refractivity contribution in [2.45, 2.75) is 32.8 Å². The molecule has 0 unspecified atom stereocenters. The summed E-state index contributed by atoms with van der Waals surface area (Å²) in [4.78, 5) is 36.0. The summed E-state index contributed by atoms with van der Waals surface area (Å²) in [5.41, 5.74) is 2.22. The average molecular weight is 418 g/mol. The number of nitrogens with one attached hydrogen (secondary N) is 1. The van der Waals surface area contributed by atoms with Crippen molar-refractivity contribution in [3.63, 3.8) is 0 Å². The fourth-order valence-electron chi connectivity index (χ4n) is 2.22. The van der Waals surface area contributed by atoms with Crippen LogP contribution in [0.2, 0.25) is 0 Å². The van der Waals surface area contributed by atoms with Gasteiger partial charge in [-0.3, -0.25) is 14.4 Å². The molecule has 26 heavy (non-hydrogen) atoms. The van der Waals surface area contributed by atoms with E-state index >= 15 is 0 Å². The van der Waals surface area contributed by atoms with Gasteiger partial charge in [-0.05, 0) is 32.0 Å². The Bertz CT molecular complexity index is 802. The van der Waals surface area contributed by atoms with E-state index in [0.717, 1.165) is 10.0 Å². The van der Waals surface area contributed by atoms with E-state index < -0.39 is 18.0 Å². The van der Waals surface area contributed by atoms with E-state index in [0.29, 0.717) is 11.3 Å². The number of aryl methyl sites for hydroxylation is 1. The molecule has 5 nitrogen and oxygen atoms in total. The summed E-state index contributed by atoms with van der Waals surface area (Å²) < 4.78 is 5.93. The van der Waals surface area contributed by atoms with Crippen molar-refractivity contribution in [3.05, 3.63) is 64.1 Å². The van der Waals surface area contributed by atoms with Gasteiger partial charge in [-0.2, -0.15) is 0 Å². The Hall–Kier alpha value is -2.47. The first-order valence-electron chi connectivity index (χ1n) is 8.21. The monoisotopic (exact) mass is 417 g/mol. The summed E-state index contributed by atoms with van der Waals surface area (Å²) in [7, 11) is 0. The smallest absolute Gasteiger partial charge is 0.307 e. The molecule has 2 aromatic carbocycles. The lowest BCUT2D eigenvalue weighted by Gasteiger charge is -2.13. The number of hydrogen-bond donors (Lipinski definition) is 1. The fourth-order valence-corrected chi connectivity index (χ4v) is 2.62. The maximum Gasteiger partial charge on any atom is 0.307 e. The third kappa shape index (κ3) is 6.11. The molecule has 136 valence electrons. The van der Waals surface area contributed by atoms with Crippen molar-refractivity contribution in [1.29, 1.82) is 0 Å². The number of halogens is 1. The number of esters is 1. The number of rotatable bonds is 7. The zero-order valence-corrected chi connectivity index (χ0v) is 16.2. The van der Waals surface area contributed by atoms with Crippen LogP contribution in [0.15, 0.2) is 53.0 Å². The first-order chi connectivity index (χ1) is 12.3. The highest BCUT2D eigenvalue weighted by Gasteiger charge is 2.19. The number of anilines is 1. The van der Waals surface area contributed by atoms with Crippen LogP contribution in [0.25, 0.3) is 0 Å². The van der Waals surface area contributed by atoms with Gasteiger partial charge in [0.05, 0.1) is 6.42 Å². The lowest BCUT2D eigenvalue weighted by molar-refractivity contribution is -0.153. The standard InChI is InChI=1S/C20H20BrNO4/c1-13-6-8-15(9-7-13)18(23)10-11-19(24)26-14(2)20(25)22-17-5-3-4-16(21)12-17/h3-9,12,14H,10-11H2,1-2H3,(H,22,25)/t14-/m0/s1. The molecule has 0 aliphatic rings. The van der Waals surface area contributed by atoms with Gasteiger partial charge in [-0.25, -0.2) is 0 Å². The number of benzene rings is 2. The van der Waals surface area contributed by atoms with Crippen molar-refractivity contribution < 1.29 is 19.1 Å². The summed E-state index contributed by atoms with van der Waals surface area (Å²) in [6, 6.07) is 14.3. The molecule has 6 heteroatoms. The maximum absolute atomic E-state index is 12.1. The first kappa shape index (κ1) is 19.8. The van der Waals surface area contributed by atoms with Crippen LogP contribution >= 0.6 is 15.9 Å². The second kappa shape index (κ2) is 9.29. The number of carbonyl (C=O) groups is 3. The van der Waals surface area contributed by atoms with Crippen LogP contribution < -0.4 is 5.32 Å². The molecule has 0 aliphatic heterocycles. The molecule has 0 fully saturated rings. The van der Waals surface area contributed by atoms with Crippen LogP contribution in [0.4, 0.5) is 5.69 Å². The fraction of sp³-hybridized carbons (Fsp3) is 0.250. The molecular weight excluding hydrogens is 398 g/mol. The van der Waals surface area contributed by atoms with Gasteiger partial charge in [0.25, 0.3) is 5.91 Å². The molecule has 2 aromatic rings. The Morgan fingerprint density at radius 1 is 1.08 bits per heavy atom. The molecule has 0 bridgehead atoms. The van der Waals surface area contributed by atoms with Gasteiger partial charge in [0.2, 0.25) is 0 Å². The zero-order valence-electron chi connectivity index (χ0n) is 14.6. The number of Topliss-reactive ketones (excluding diaryl/α,β-unsaturated/α-hetero) is 1. The summed E-state index contributed by atoms with van der Waals surface area (Å²) in [6.45, 7) is 3.43. The van der Waals surface area contributed by atoms with E-state index in [1.54, 1.807) is 30.3 Å². The van der Waals surface area contributed by atoms with E-state index in [-0.39, 0.29) is 18.6 Å². The van der Waals surface area contributed by atoms with Crippen LogP contribution in [0.3, 0.4) is 0 Å². The van der Waals surface area contributed by atoms with Crippen LogP contribution in [-0.4, -0.2) is 23.8 Å². The van der Waals surface area contributed by atoms with Gasteiger partial charge in [0.15, 0.2) is 11.9 Å². The molecule has 0 aromatic heterocycles. The van der Waals surface area contributed by atoms with Crippen molar-refractivity contribution >= 4 is 39.3 Å². The minimum absolute atomic E-state index is 0.0435. The molecule has 1 N–H and O–H groups in total. The van der Waals surface area contributed by atoms with Crippen molar-refractivity contribution in [2.24, 2.45) is 0 Å².